The zero-order valence-electron chi connectivity index (χ0n) is 3.45. The van der Waals surface area contributed by atoms with Gasteiger partial charge in [0.25, 0.3) is 0 Å². The second-order valence-corrected chi connectivity index (χ2v) is 26.1. The minimum absolute atomic E-state index is 0.857. The van der Waals surface area contributed by atoms with E-state index in [0.717, 1.165) is 45.6 Å². The fourth-order valence-corrected chi connectivity index (χ4v) is 0. The fraction of sp³-hybridized carbons (Fsp3) is 1.00. The zero-order chi connectivity index (χ0) is 3.58. The molecule has 0 unspecified atom stereocenters. The van der Waals surface area contributed by atoms with Crippen molar-refractivity contribution in [3.05, 3.63) is 0 Å². The molecular weight excluding hydrogens is 263 g/mol. The molecule has 1 nitrogen and oxygen atoms in total. The molecule has 0 N–H and O–H groups in total. The van der Waals surface area contributed by atoms with Gasteiger partial charge in [-0.25, -0.2) is 0 Å². The van der Waals surface area contributed by atoms with E-state index in [-0.39, 0.29) is 0 Å². The van der Waals surface area contributed by atoms with Crippen LogP contribution in [-0.4, -0.2) is 54.0 Å². The standard InChI is InChI=1S/CH3N.2Sn.6H/c1-2;;;;;;;;/h1H3;;;;;;;;. The maximum absolute atomic E-state index is 2.42. The molecule has 3 heteroatoms. The van der Waals surface area contributed by atoms with Crippen LogP contribution in [0.25, 0.3) is 0 Å². The van der Waals surface area contributed by atoms with Crippen LogP contribution in [0.5, 0.6) is 0 Å². The predicted octanol–water partition coefficient (Wildman–Crippen LogP) is -2.52. The molecule has 0 aromatic heterocycles. The van der Waals surface area contributed by atoms with Gasteiger partial charge in [0, 0.05) is 0 Å². The van der Waals surface area contributed by atoms with Gasteiger partial charge in [0.2, 0.25) is 0 Å². The van der Waals surface area contributed by atoms with Crippen molar-refractivity contribution in [3.63, 3.8) is 0 Å². The molecule has 0 heterocycles. The van der Waals surface area contributed by atoms with E-state index in [9.17, 15) is 0 Å². The molecule has 0 aliphatic carbocycles. The van der Waals surface area contributed by atoms with Gasteiger partial charge in [0.15, 0.2) is 0 Å². The summed E-state index contributed by atoms with van der Waals surface area (Å²) in [6.07, 6.45) is 0. The monoisotopic (exact) mass is 275 g/mol. The number of nitrogens with zero attached hydrogens (tertiary/aromatic N) is 1. The topological polar surface area (TPSA) is 3.24 Å². The fourth-order valence-electron chi connectivity index (χ4n) is 0. The van der Waals surface area contributed by atoms with Crippen molar-refractivity contribution in [2.75, 3.05) is 7.05 Å². The summed E-state index contributed by atoms with van der Waals surface area (Å²) in [5, 5.41) is 0. The van der Waals surface area contributed by atoms with E-state index in [0.29, 0.717) is 0 Å². The molecule has 26 valence electrons. The summed E-state index contributed by atoms with van der Waals surface area (Å²) < 4.78 is 2.42. The molecule has 0 amide bonds. The SMILES string of the molecule is C[N]([SnH3])[SnH3]. The summed E-state index contributed by atoms with van der Waals surface area (Å²) in [5.74, 6) is 0. The second-order valence-electron chi connectivity index (χ2n) is 1.34. The van der Waals surface area contributed by atoms with Crippen LogP contribution in [0.1, 0.15) is 0 Å². The van der Waals surface area contributed by atoms with Crippen LogP contribution >= 0.6 is 0 Å². The third kappa shape index (κ3) is 9.59. The van der Waals surface area contributed by atoms with Gasteiger partial charge in [-0.3, -0.25) is 0 Å². The first-order chi connectivity index (χ1) is 1.73. The van der Waals surface area contributed by atoms with E-state index < -0.39 is 0 Å². The average molecular weight is 273 g/mol. The second kappa shape index (κ2) is 2.78. The van der Waals surface area contributed by atoms with E-state index in [1.54, 1.807) is 0 Å². The Morgan fingerprint density at radius 2 is 1.50 bits per heavy atom. The molecule has 0 rings (SSSR count). The summed E-state index contributed by atoms with van der Waals surface area (Å²) >= 11 is 1.71. The molecule has 0 saturated carbocycles. The molecular formula is CH9NSn2. The molecule has 0 fully saturated rings. The van der Waals surface area contributed by atoms with Gasteiger partial charge in [-0.15, -0.1) is 0 Å². The Bertz CT molecular complexity index is 10.8. The molecule has 0 aliphatic heterocycles. The number of hydrogen-bond acceptors (Lipinski definition) is 1. The van der Waals surface area contributed by atoms with Crippen LogP contribution in [-0.2, 0) is 0 Å². The summed E-state index contributed by atoms with van der Waals surface area (Å²) in [5.41, 5.74) is 0. The quantitative estimate of drug-likeness (QED) is 0.440. The van der Waals surface area contributed by atoms with Crippen molar-refractivity contribution in [2.45, 2.75) is 0 Å². The van der Waals surface area contributed by atoms with Crippen molar-refractivity contribution < 1.29 is 0 Å². The maximum atomic E-state index is 2.42. The normalized spacial score (nSPS) is 10.5. The minimum atomic E-state index is 0.857. The van der Waals surface area contributed by atoms with Gasteiger partial charge < -0.3 is 0 Å². The van der Waals surface area contributed by atoms with E-state index in [2.05, 4.69) is 8.39 Å². The molecule has 0 spiro atoms. The third-order valence-corrected chi connectivity index (χ3v) is 0. The Morgan fingerprint density at radius 1 is 1.50 bits per heavy atom. The van der Waals surface area contributed by atoms with E-state index in [1.165, 1.54) is 0 Å². The van der Waals surface area contributed by atoms with Crippen molar-refractivity contribution in [1.29, 1.82) is 0 Å². The molecule has 0 saturated heterocycles. The first-order valence-corrected chi connectivity index (χ1v) is 6.45. The van der Waals surface area contributed by atoms with Crippen LogP contribution in [0.2, 0.25) is 0 Å². The van der Waals surface area contributed by atoms with Gasteiger partial charge in [-0.05, 0) is 0 Å². The summed E-state index contributed by atoms with van der Waals surface area (Å²) in [4.78, 5) is 0. The zero-order valence-corrected chi connectivity index (χ0v) is 14.9. The number of rotatable bonds is 0. The first kappa shape index (κ1) is 5.56. The van der Waals surface area contributed by atoms with Crippen LogP contribution < -0.4 is 0 Å². The van der Waals surface area contributed by atoms with Gasteiger partial charge in [0.05, 0.1) is 0 Å². The van der Waals surface area contributed by atoms with Crippen molar-refractivity contribution in [2.24, 2.45) is 0 Å². The van der Waals surface area contributed by atoms with Crippen LogP contribution in [0.15, 0.2) is 0 Å². The molecule has 4 heavy (non-hydrogen) atoms. The van der Waals surface area contributed by atoms with Crippen LogP contribution in [0.3, 0.4) is 0 Å². The van der Waals surface area contributed by atoms with Crippen molar-refractivity contribution in [1.82, 2.24) is 1.34 Å². The first-order valence-electron chi connectivity index (χ1n) is 1.34. The van der Waals surface area contributed by atoms with E-state index >= 15 is 0 Å². The third-order valence-electron chi connectivity index (χ3n) is 0. The summed E-state index contributed by atoms with van der Waals surface area (Å²) in [7, 11) is 2.19. The Hall–Kier alpha value is 1.56. The molecule has 0 aromatic rings. The van der Waals surface area contributed by atoms with Gasteiger partial charge in [0.1, 0.15) is 0 Å². The molecule has 0 atom stereocenters. The van der Waals surface area contributed by atoms with Crippen molar-refractivity contribution in [3.8, 4) is 0 Å². The average Bonchev–Trinajstić information content (AvgIpc) is 0.811. The Labute approximate surface area is 53.6 Å². The van der Waals surface area contributed by atoms with Crippen LogP contribution in [0.4, 0.5) is 0 Å². The summed E-state index contributed by atoms with van der Waals surface area (Å²) in [6.45, 7) is 0. The van der Waals surface area contributed by atoms with Gasteiger partial charge in [-0.1, -0.05) is 0 Å². The van der Waals surface area contributed by atoms with Crippen molar-refractivity contribution >= 4 is 45.6 Å². The molecule has 0 bridgehead atoms. The van der Waals surface area contributed by atoms with Crippen LogP contribution in [0, 0.1) is 0 Å². The van der Waals surface area contributed by atoms with E-state index in [4.69, 9.17) is 0 Å². The summed E-state index contributed by atoms with van der Waals surface area (Å²) in [6, 6.07) is 0. The Morgan fingerprint density at radius 3 is 1.50 bits per heavy atom. The van der Waals surface area contributed by atoms with Gasteiger partial charge in [-0.2, -0.15) is 0 Å². The molecule has 0 radical (unpaired) electrons. The Balaban J connectivity index is 2.32. The molecule has 0 aromatic carbocycles. The number of hydrogen-bond donors (Lipinski definition) is 0. The van der Waals surface area contributed by atoms with E-state index in [1.807, 2.05) is 0 Å². The predicted molar refractivity (Wildman–Crippen MR) is 27.6 cm³/mol. The molecule has 0 aliphatic rings. The Kier molecular flexibility index (Phi) is 3.86. The van der Waals surface area contributed by atoms with Gasteiger partial charge >= 0.3 is 54.0 Å².